The number of aliphatic hydroxyl groups excluding tert-OH is 1. The second-order valence-electron chi connectivity index (χ2n) is 6.37. The van der Waals surface area contributed by atoms with Crippen LogP contribution in [-0.4, -0.2) is 45.9 Å². The van der Waals surface area contributed by atoms with Crippen molar-refractivity contribution in [2.24, 2.45) is 0 Å². The number of ether oxygens (including phenoxy) is 1. The first-order valence-corrected chi connectivity index (χ1v) is 8.16. The smallest absolute Gasteiger partial charge is 0.244 e. The molecule has 122 valence electrons. The maximum absolute atomic E-state index is 10.0. The Morgan fingerprint density at radius 3 is 3.13 bits per heavy atom. The van der Waals surface area contributed by atoms with E-state index >= 15 is 0 Å². The first kappa shape index (κ1) is 14.7. The SMILES string of the molecule is Cc1noc([C@H]2C[C@H](O)CN2CCc2ccc3c(c2)CCO3)n1. The number of aryl methyl sites for hydroxylation is 1. The monoisotopic (exact) mass is 315 g/mol. The maximum atomic E-state index is 10.0. The average molecular weight is 315 g/mol. The molecule has 3 heterocycles. The number of rotatable bonds is 4. The third-order valence-electron chi connectivity index (χ3n) is 4.65. The molecule has 0 amide bonds. The summed E-state index contributed by atoms with van der Waals surface area (Å²) >= 11 is 0. The molecule has 0 aliphatic carbocycles. The molecule has 2 aliphatic heterocycles. The van der Waals surface area contributed by atoms with Gasteiger partial charge in [-0.25, -0.2) is 0 Å². The lowest BCUT2D eigenvalue weighted by molar-refractivity contribution is 0.173. The van der Waals surface area contributed by atoms with E-state index < -0.39 is 0 Å². The molecule has 0 radical (unpaired) electrons. The quantitative estimate of drug-likeness (QED) is 0.925. The molecule has 6 nitrogen and oxygen atoms in total. The van der Waals surface area contributed by atoms with Gasteiger partial charge in [0.05, 0.1) is 18.8 Å². The van der Waals surface area contributed by atoms with Crippen LogP contribution in [0.1, 0.15) is 35.3 Å². The van der Waals surface area contributed by atoms with Gasteiger partial charge < -0.3 is 14.4 Å². The third-order valence-corrected chi connectivity index (χ3v) is 4.65. The van der Waals surface area contributed by atoms with Crippen LogP contribution in [0.2, 0.25) is 0 Å². The fraction of sp³-hybridized carbons (Fsp3) is 0.529. The zero-order valence-corrected chi connectivity index (χ0v) is 13.2. The van der Waals surface area contributed by atoms with E-state index in [0.29, 0.717) is 24.7 Å². The lowest BCUT2D eigenvalue weighted by Gasteiger charge is -2.21. The van der Waals surface area contributed by atoms with Gasteiger partial charge in [-0.15, -0.1) is 0 Å². The van der Waals surface area contributed by atoms with Gasteiger partial charge >= 0.3 is 0 Å². The van der Waals surface area contributed by atoms with Crippen molar-refractivity contribution >= 4 is 0 Å². The van der Waals surface area contributed by atoms with Crippen molar-refractivity contribution < 1.29 is 14.4 Å². The molecule has 2 aromatic rings. The molecule has 4 rings (SSSR count). The van der Waals surface area contributed by atoms with Crippen LogP contribution in [0.25, 0.3) is 0 Å². The average Bonchev–Trinajstić information content (AvgIpc) is 3.24. The molecule has 1 fully saturated rings. The Kier molecular flexibility index (Phi) is 3.79. The van der Waals surface area contributed by atoms with E-state index in [9.17, 15) is 5.11 Å². The first-order chi connectivity index (χ1) is 11.2. The summed E-state index contributed by atoms with van der Waals surface area (Å²) in [6.45, 7) is 4.12. The molecule has 6 heteroatoms. The highest BCUT2D eigenvalue weighted by Gasteiger charge is 2.35. The standard InChI is InChI=1S/C17H21N3O3/c1-11-18-17(23-19-11)15-9-14(21)10-20(15)6-4-12-2-3-16-13(8-12)5-7-22-16/h2-3,8,14-15,21H,4-7,9-10H2,1H3/t14-,15+/m0/s1. The summed E-state index contributed by atoms with van der Waals surface area (Å²) in [5, 5.41) is 13.9. The molecule has 0 bridgehead atoms. The van der Waals surface area contributed by atoms with Crippen molar-refractivity contribution in [3.05, 3.63) is 41.0 Å². The van der Waals surface area contributed by atoms with E-state index in [2.05, 4.69) is 33.2 Å². The van der Waals surface area contributed by atoms with Crippen LogP contribution in [0.5, 0.6) is 5.75 Å². The highest BCUT2D eigenvalue weighted by molar-refractivity contribution is 5.39. The minimum Gasteiger partial charge on any atom is -0.493 e. The summed E-state index contributed by atoms with van der Waals surface area (Å²) in [7, 11) is 0. The summed E-state index contributed by atoms with van der Waals surface area (Å²) in [5.41, 5.74) is 2.60. The number of benzene rings is 1. The molecule has 0 unspecified atom stereocenters. The summed E-state index contributed by atoms with van der Waals surface area (Å²) in [5.74, 6) is 2.27. The van der Waals surface area contributed by atoms with E-state index in [-0.39, 0.29) is 12.1 Å². The van der Waals surface area contributed by atoms with Crippen molar-refractivity contribution in [1.82, 2.24) is 15.0 Å². The van der Waals surface area contributed by atoms with Crippen molar-refractivity contribution in [3.8, 4) is 5.75 Å². The maximum Gasteiger partial charge on any atom is 0.244 e. The first-order valence-electron chi connectivity index (χ1n) is 8.16. The molecule has 1 aromatic heterocycles. The molecule has 2 atom stereocenters. The lowest BCUT2D eigenvalue weighted by atomic mass is 10.1. The molecule has 0 saturated carbocycles. The van der Waals surface area contributed by atoms with Crippen LogP contribution in [0.15, 0.2) is 22.7 Å². The van der Waals surface area contributed by atoms with Gasteiger partial charge in [-0.05, 0) is 37.0 Å². The number of likely N-dealkylation sites (tertiary alicyclic amines) is 1. The summed E-state index contributed by atoms with van der Waals surface area (Å²) in [4.78, 5) is 6.57. The predicted molar refractivity (Wildman–Crippen MR) is 83.3 cm³/mol. The molecular weight excluding hydrogens is 294 g/mol. The third kappa shape index (κ3) is 2.96. The molecule has 2 aliphatic rings. The molecule has 0 spiro atoms. The number of nitrogens with zero attached hydrogens (tertiary/aromatic N) is 3. The van der Waals surface area contributed by atoms with Crippen LogP contribution in [0.3, 0.4) is 0 Å². The van der Waals surface area contributed by atoms with Crippen LogP contribution < -0.4 is 4.74 Å². The highest BCUT2D eigenvalue weighted by Crippen LogP contribution is 2.32. The second kappa shape index (κ2) is 5.94. The zero-order valence-electron chi connectivity index (χ0n) is 13.2. The van der Waals surface area contributed by atoms with Crippen molar-refractivity contribution in [1.29, 1.82) is 0 Å². The number of hydrogen-bond acceptors (Lipinski definition) is 6. The normalized spacial score (nSPS) is 23.9. The number of aliphatic hydroxyl groups is 1. The van der Waals surface area contributed by atoms with E-state index in [0.717, 1.165) is 31.7 Å². The molecular formula is C17H21N3O3. The second-order valence-corrected chi connectivity index (χ2v) is 6.37. The van der Waals surface area contributed by atoms with Gasteiger partial charge in [-0.2, -0.15) is 4.98 Å². The van der Waals surface area contributed by atoms with Crippen molar-refractivity contribution in [2.45, 2.75) is 38.3 Å². The Labute approximate surface area is 135 Å². The highest BCUT2D eigenvalue weighted by atomic mass is 16.5. The minimum atomic E-state index is -0.333. The van der Waals surface area contributed by atoms with Gasteiger partial charge in [0.25, 0.3) is 0 Å². The van der Waals surface area contributed by atoms with Gasteiger partial charge in [0.2, 0.25) is 5.89 Å². The lowest BCUT2D eigenvalue weighted by Crippen LogP contribution is -2.27. The Hall–Kier alpha value is -1.92. The van der Waals surface area contributed by atoms with Crippen LogP contribution in [-0.2, 0) is 12.8 Å². The number of β-amino-alcohol motifs (C(OH)–C–C–N with tert-alkyl or cyclic N) is 1. The van der Waals surface area contributed by atoms with Gasteiger partial charge in [0.15, 0.2) is 5.82 Å². The largest absolute Gasteiger partial charge is 0.493 e. The minimum absolute atomic E-state index is 0.0176. The predicted octanol–water partition coefficient (Wildman–Crippen LogP) is 1.66. The summed E-state index contributed by atoms with van der Waals surface area (Å²) in [6.07, 6.45) is 2.25. The Bertz CT molecular complexity index is 700. The van der Waals surface area contributed by atoms with Gasteiger partial charge in [0.1, 0.15) is 5.75 Å². The van der Waals surface area contributed by atoms with E-state index in [1.54, 1.807) is 0 Å². The van der Waals surface area contributed by atoms with Gasteiger partial charge in [0, 0.05) is 19.5 Å². The fourth-order valence-electron chi connectivity index (χ4n) is 3.50. The molecule has 1 aromatic carbocycles. The fourth-order valence-corrected chi connectivity index (χ4v) is 3.50. The van der Waals surface area contributed by atoms with Gasteiger partial charge in [-0.1, -0.05) is 17.3 Å². The van der Waals surface area contributed by atoms with Crippen molar-refractivity contribution in [2.75, 3.05) is 19.7 Å². The number of aromatic nitrogens is 2. The summed E-state index contributed by atoms with van der Waals surface area (Å²) in [6, 6.07) is 6.45. The topological polar surface area (TPSA) is 71.6 Å². The Morgan fingerprint density at radius 2 is 2.30 bits per heavy atom. The number of fused-ring (bicyclic) bond motifs is 1. The molecule has 1 saturated heterocycles. The van der Waals surface area contributed by atoms with E-state index in [1.807, 2.05) is 6.92 Å². The van der Waals surface area contributed by atoms with E-state index in [1.165, 1.54) is 11.1 Å². The van der Waals surface area contributed by atoms with Gasteiger partial charge in [-0.3, -0.25) is 4.90 Å². The Morgan fingerprint density at radius 1 is 1.39 bits per heavy atom. The van der Waals surface area contributed by atoms with Crippen LogP contribution in [0.4, 0.5) is 0 Å². The Balaban J connectivity index is 1.44. The van der Waals surface area contributed by atoms with Crippen LogP contribution >= 0.6 is 0 Å². The summed E-state index contributed by atoms with van der Waals surface area (Å²) < 4.78 is 10.9. The van der Waals surface area contributed by atoms with E-state index in [4.69, 9.17) is 9.26 Å². The molecule has 1 N–H and O–H groups in total. The molecule has 23 heavy (non-hydrogen) atoms. The van der Waals surface area contributed by atoms with Crippen molar-refractivity contribution in [3.63, 3.8) is 0 Å². The van der Waals surface area contributed by atoms with Crippen LogP contribution in [0, 0.1) is 6.92 Å². The number of hydrogen-bond donors (Lipinski definition) is 1. The zero-order chi connectivity index (χ0) is 15.8.